The molecule has 1 aromatic carbocycles. The zero-order valence-corrected chi connectivity index (χ0v) is 40.1. The number of pyridine rings is 1. The first-order chi connectivity index (χ1) is 30.6. The minimum absolute atomic E-state index is 0.141. The molecule has 0 amide bonds. The number of oxime groups is 1. The van der Waals surface area contributed by atoms with Crippen molar-refractivity contribution < 1.29 is 44.3 Å². The highest BCUT2D eigenvalue weighted by Crippen LogP contribution is 2.36. The number of rotatable bonds is 14. The van der Waals surface area contributed by atoms with E-state index in [0.29, 0.717) is 37.7 Å². The van der Waals surface area contributed by atoms with Gasteiger partial charge in [0.25, 0.3) is 0 Å². The summed E-state index contributed by atoms with van der Waals surface area (Å²) >= 11 is 0. The summed E-state index contributed by atoms with van der Waals surface area (Å²) in [6.07, 6.45) is 6.72. The molecule has 0 bridgehead atoms. The minimum Gasteiger partial charge on any atom is -0.462 e. The Morgan fingerprint density at radius 2 is 1.73 bits per heavy atom. The molecular formula is C51H80N4O9. The number of aryl methyl sites for hydroxylation is 1. The van der Waals surface area contributed by atoms with E-state index in [1.54, 1.807) is 11.8 Å². The number of nitrogens with zero attached hydrogens (tertiary/aromatic N) is 4. The van der Waals surface area contributed by atoms with E-state index in [2.05, 4.69) is 54.9 Å². The van der Waals surface area contributed by atoms with Crippen LogP contribution in [0.3, 0.4) is 0 Å². The van der Waals surface area contributed by atoms with Crippen LogP contribution in [-0.4, -0.2) is 143 Å². The van der Waals surface area contributed by atoms with Crippen LogP contribution in [0.5, 0.6) is 0 Å². The van der Waals surface area contributed by atoms with Crippen LogP contribution in [0.1, 0.15) is 99.0 Å². The topological polar surface area (TPSA) is 167 Å². The van der Waals surface area contributed by atoms with Gasteiger partial charge in [-0.25, -0.2) is 0 Å². The summed E-state index contributed by atoms with van der Waals surface area (Å²) in [5, 5.41) is 51.1. The highest BCUT2D eigenvalue weighted by atomic mass is 16.7. The van der Waals surface area contributed by atoms with Gasteiger partial charge in [-0.3, -0.25) is 9.78 Å². The second-order valence-electron chi connectivity index (χ2n) is 19.6. The van der Waals surface area contributed by atoms with Gasteiger partial charge in [0.1, 0.15) is 18.8 Å². The van der Waals surface area contributed by atoms with E-state index < -0.39 is 66.8 Å². The zero-order chi connectivity index (χ0) is 46.5. The number of ether oxygens (including phenoxy) is 3. The van der Waals surface area contributed by atoms with Crippen LogP contribution in [0.15, 0.2) is 65.5 Å². The lowest BCUT2D eigenvalue weighted by atomic mass is 9.79. The maximum Gasteiger partial charge on any atom is 0.308 e. The molecule has 3 aliphatic heterocycles. The number of hydrogen-bond donors (Lipinski definition) is 4. The van der Waals surface area contributed by atoms with Crippen molar-refractivity contribution in [3.8, 4) is 0 Å². The van der Waals surface area contributed by atoms with Crippen molar-refractivity contribution in [3.05, 3.63) is 65.9 Å². The average molecular weight is 893 g/mol. The molecule has 3 unspecified atom stereocenters. The third-order valence-electron chi connectivity index (χ3n) is 13.7. The predicted molar refractivity (Wildman–Crippen MR) is 251 cm³/mol. The van der Waals surface area contributed by atoms with E-state index in [1.807, 2.05) is 65.4 Å². The number of carbonyl (C=O) groups excluding carboxylic acids is 1. The molecule has 3 aliphatic rings. The van der Waals surface area contributed by atoms with E-state index >= 15 is 0 Å². The number of likely N-dealkylation sites (N-methyl/N-ethyl adjacent to an activating group) is 1. The molecule has 1 aromatic heterocycles. The van der Waals surface area contributed by atoms with Gasteiger partial charge in [0.05, 0.1) is 54.7 Å². The van der Waals surface area contributed by atoms with E-state index in [0.717, 1.165) is 61.1 Å². The highest BCUT2D eigenvalue weighted by molar-refractivity contribution is 5.96. The predicted octanol–water partition coefficient (Wildman–Crippen LogP) is 6.56. The van der Waals surface area contributed by atoms with Crippen LogP contribution < -0.4 is 0 Å². The first kappa shape index (κ1) is 51.7. The lowest BCUT2D eigenvalue weighted by molar-refractivity contribution is -0.304. The summed E-state index contributed by atoms with van der Waals surface area (Å²) in [7, 11) is 3.62. The Bertz CT molecular complexity index is 1830. The van der Waals surface area contributed by atoms with Crippen molar-refractivity contribution in [2.75, 3.05) is 46.9 Å². The number of carbonyl (C=O) groups is 1. The molecular weight excluding hydrogens is 813 g/mol. The van der Waals surface area contributed by atoms with E-state index in [-0.39, 0.29) is 24.9 Å². The smallest absolute Gasteiger partial charge is 0.308 e. The third-order valence-corrected chi connectivity index (χ3v) is 13.7. The van der Waals surface area contributed by atoms with Crippen molar-refractivity contribution in [1.82, 2.24) is 14.8 Å². The Hall–Kier alpha value is -3.27. The van der Waals surface area contributed by atoms with E-state index in [9.17, 15) is 25.2 Å². The molecule has 0 saturated carbocycles. The fraction of sp³-hybridized carbons (Fsp3) is 0.706. The van der Waals surface area contributed by atoms with Crippen molar-refractivity contribution >= 4 is 22.6 Å². The molecule has 0 aliphatic carbocycles. The van der Waals surface area contributed by atoms with E-state index in [4.69, 9.17) is 24.2 Å². The molecule has 13 heteroatoms. The quantitative estimate of drug-likeness (QED) is 0.0919. The molecule has 5 rings (SSSR count). The maximum absolute atomic E-state index is 13.6. The van der Waals surface area contributed by atoms with Gasteiger partial charge in [-0.1, -0.05) is 69.6 Å². The molecule has 358 valence electrons. The van der Waals surface area contributed by atoms with Gasteiger partial charge in [0.2, 0.25) is 0 Å². The second-order valence-corrected chi connectivity index (χ2v) is 19.6. The number of cyclic esters (lactones) is 1. The Morgan fingerprint density at radius 3 is 2.44 bits per heavy atom. The first-order valence-corrected chi connectivity index (χ1v) is 24.0. The molecule has 2 saturated heterocycles. The van der Waals surface area contributed by atoms with Crippen LogP contribution in [0, 0.1) is 35.5 Å². The molecule has 2 fully saturated rings. The normalized spacial score (nSPS) is 36.1. The standard InChI is InChI=1S/C51H80N4O9/c1-10-45-41(31-56)25-32(2)16-18-42(53-61-23-12-11-14-38-17-19-43-39(27-38)15-13-21-52-43)35(5)26-40(20-22-55-29-33(3)24-34(4)30-55)50(36(6)44(57)28-46(58)63-45)64-51-49(60)47(54(8)9)48(59)37(7)62-51/h13,15-19,21,25,27,33-37,40-41,44-45,47-51,56-57,59-60H,10-12,14,20,22-24,26,28-31H2,1-9H3/b18-16+,32-25+,53-42+/t33?,34?,35-,36+,37-,40+,41?,44-,45-,47+,48-,49+,50-,51+/m1/s1. The average Bonchev–Trinajstić information content (AvgIpc) is 3.25. The van der Waals surface area contributed by atoms with Crippen molar-refractivity contribution in [3.63, 3.8) is 0 Å². The van der Waals surface area contributed by atoms with Gasteiger partial charge < -0.3 is 49.3 Å². The summed E-state index contributed by atoms with van der Waals surface area (Å²) < 4.78 is 19.1. The second kappa shape index (κ2) is 25.0. The molecule has 14 atom stereocenters. The summed E-state index contributed by atoms with van der Waals surface area (Å²) in [4.78, 5) is 28.4. The van der Waals surface area contributed by atoms with Gasteiger partial charge in [-0.2, -0.15) is 0 Å². The Kier molecular flexibility index (Phi) is 20.2. The summed E-state index contributed by atoms with van der Waals surface area (Å²) in [5.74, 6) is -0.813. The minimum atomic E-state index is -1.19. The molecule has 0 radical (unpaired) electrons. The summed E-state index contributed by atoms with van der Waals surface area (Å²) in [5.41, 5.74) is 3.87. The lowest BCUT2D eigenvalue weighted by Gasteiger charge is -2.47. The fourth-order valence-electron chi connectivity index (χ4n) is 10.2. The van der Waals surface area contributed by atoms with Crippen molar-refractivity contribution in [2.45, 2.75) is 149 Å². The summed E-state index contributed by atoms with van der Waals surface area (Å²) in [6.45, 7) is 17.3. The number of piperidine rings is 1. The first-order valence-electron chi connectivity index (χ1n) is 24.0. The molecule has 4 heterocycles. The molecule has 64 heavy (non-hydrogen) atoms. The number of unbranched alkanes of at least 4 members (excludes halogenated alkanes) is 1. The van der Waals surface area contributed by atoms with Gasteiger partial charge in [0.15, 0.2) is 6.29 Å². The largest absolute Gasteiger partial charge is 0.462 e. The fourth-order valence-corrected chi connectivity index (χ4v) is 10.2. The van der Waals surface area contributed by atoms with Gasteiger partial charge >= 0.3 is 5.97 Å². The molecule has 4 N–H and O–H groups in total. The number of aliphatic hydroxyl groups excluding tert-OH is 4. The van der Waals surface area contributed by atoms with Crippen LogP contribution in [0.4, 0.5) is 0 Å². The number of esters is 1. The van der Waals surface area contributed by atoms with Gasteiger partial charge in [-0.05, 0) is 127 Å². The lowest BCUT2D eigenvalue weighted by Crippen LogP contribution is -2.63. The van der Waals surface area contributed by atoms with E-state index in [1.165, 1.54) is 12.0 Å². The highest BCUT2D eigenvalue weighted by Gasteiger charge is 2.47. The van der Waals surface area contributed by atoms with Crippen LogP contribution >= 0.6 is 0 Å². The zero-order valence-electron chi connectivity index (χ0n) is 40.1. The number of aromatic nitrogens is 1. The van der Waals surface area contributed by atoms with Gasteiger partial charge in [0, 0.05) is 42.4 Å². The number of likely N-dealkylation sites (tertiary alicyclic amines) is 1. The number of hydrogen-bond acceptors (Lipinski definition) is 13. The van der Waals surface area contributed by atoms with Crippen LogP contribution in [0.25, 0.3) is 10.9 Å². The number of fused-ring (bicyclic) bond motifs is 1. The monoisotopic (exact) mass is 893 g/mol. The van der Waals surface area contributed by atoms with Crippen LogP contribution in [-0.2, 0) is 30.3 Å². The number of aliphatic hydroxyl groups is 4. The number of benzene rings is 1. The summed E-state index contributed by atoms with van der Waals surface area (Å²) in [6, 6.07) is 9.79. The van der Waals surface area contributed by atoms with Crippen molar-refractivity contribution in [1.29, 1.82) is 0 Å². The third kappa shape index (κ3) is 14.6. The molecule has 0 spiro atoms. The Morgan fingerprint density at radius 1 is 0.984 bits per heavy atom. The van der Waals surface area contributed by atoms with Crippen LogP contribution in [0.2, 0.25) is 0 Å². The molecule has 2 aromatic rings. The number of allylic oxidation sites excluding steroid dienone is 3. The van der Waals surface area contributed by atoms with Gasteiger partial charge in [-0.15, -0.1) is 0 Å². The van der Waals surface area contributed by atoms with Crippen molar-refractivity contribution in [2.24, 2.45) is 40.7 Å². The Labute approximate surface area is 382 Å². The molecule has 13 nitrogen and oxygen atoms in total. The Balaban J connectivity index is 1.47. The maximum atomic E-state index is 13.6. The SMILES string of the molecule is CC[C@H]1OC(=O)C[C@@H](O)[C@H](C)[C@@H](O[C@@H]2O[C@H](C)[C@@H](O)[C@H](N(C)C)[C@@H]2O)[C@@H](CCN2CC(C)CC(C)C2)C[C@@H](C)C(=N/OCCCCc2ccc3ncccc3c2)/C=C/C(C)=C/C1CO.